The monoisotopic (exact) mass is 255 g/mol. The molecule has 0 spiro atoms. The van der Waals surface area contributed by atoms with Gasteiger partial charge in [0.05, 0.1) is 12.1 Å². The predicted octanol–water partition coefficient (Wildman–Crippen LogP) is 4.32. The number of para-hydroxylation sites is 1. The van der Waals surface area contributed by atoms with E-state index in [1.165, 1.54) is 11.1 Å². The highest BCUT2D eigenvalue weighted by Gasteiger charge is 2.09. The summed E-state index contributed by atoms with van der Waals surface area (Å²) >= 11 is 5.31. The Labute approximate surface area is 110 Å². The van der Waals surface area contributed by atoms with Crippen molar-refractivity contribution in [2.24, 2.45) is 0 Å². The first kappa shape index (κ1) is 11.2. The summed E-state index contributed by atoms with van der Waals surface area (Å²) in [4.78, 5) is 0.531. The van der Waals surface area contributed by atoms with Crippen molar-refractivity contribution in [3.05, 3.63) is 64.5 Å². The molecule has 3 aromatic rings. The molecule has 3 heteroatoms. The summed E-state index contributed by atoms with van der Waals surface area (Å²) in [5.74, 6) is 0. The first-order valence-electron chi connectivity index (χ1n) is 5.88. The molecule has 0 fully saturated rings. The molecule has 0 N–H and O–H groups in total. The molecule has 0 unspecified atom stereocenters. The van der Waals surface area contributed by atoms with Gasteiger partial charge in [-0.05, 0) is 36.3 Å². The summed E-state index contributed by atoms with van der Waals surface area (Å²) in [6.45, 7) is 2.83. The van der Waals surface area contributed by atoms with Gasteiger partial charge in [-0.25, -0.2) is 0 Å². The molecule has 3 rings (SSSR count). The molecule has 0 aliphatic heterocycles. The SMILES string of the molecule is Cc1cccc2oc(=S)n(Cc3ccccc3)c12. The zero-order valence-corrected chi connectivity index (χ0v) is 10.9. The fourth-order valence-electron chi connectivity index (χ4n) is 2.21. The largest absolute Gasteiger partial charge is 0.429 e. The fraction of sp³-hybridized carbons (Fsp3) is 0.133. The Morgan fingerprint density at radius 1 is 1.06 bits per heavy atom. The van der Waals surface area contributed by atoms with Crippen LogP contribution in [0.2, 0.25) is 0 Å². The van der Waals surface area contributed by atoms with Crippen LogP contribution in [0.25, 0.3) is 11.1 Å². The molecule has 0 radical (unpaired) electrons. The van der Waals surface area contributed by atoms with E-state index in [1.54, 1.807) is 0 Å². The van der Waals surface area contributed by atoms with Gasteiger partial charge in [-0.1, -0.05) is 42.5 Å². The zero-order valence-electron chi connectivity index (χ0n) is 10.1. The second kappa shape index (κ2) is 4.42. The number of hydrogen-bond donors (Lipinski definition) is 0. The molecular formula is C15H13NOS. The number of aromatic nitrogens is 1. The van der Waals surface area contributed by atoms with Crippen molar-refractivity contribution in [2.45, 2.75) is 13.5 Å². The van der Waals surface area contributed by atoms with Crippen molar-refractivity contribution in [2.75, 3.05) is 0 Å². The predicted molar refractivity (Wildman–Crippen MR) is 75.3 cm³/mol. The molecule has 0 aliphatic carbocycles. The third-order valence-electron chi connectivity index (χ3n) is 3.07. The van der Waals surface area contributed by atoms with E-state index in [2.05, 4.69) is 29.7 Å². The summed E-state index contributed by atoms with van der Waals surface area (Å²) in [7, 11) is 0. The second-order valence-corrected chi connectivity index (χ2v) is 4.71. The number of rotatable bonds is 2. The molecule has 0 saturated carbocycles. The number of nitrogens with zero attached hydrogens (tertiary/aromatic N) is 1. The van der Waals surface area contributed by atoms with Crippen LogP contribution in [0.15, 0.2) is 52.9 Å². The topological polar surface area (TPSA) is 18.1 Å². The molecular weight excluding hydrogens is 242 g/mol. The molecule has 18 heavy (non-hydrogen) atoms. The van der Waals surface area contributed by atoms with Crippen molar-refractivity contribution in [1.82, 2.24) is 4.57 Å². The minimum Gasteiger partial charge on any atom is -0.429 e. The third kappa shape index (κ3) is 1.87. The van der Waals surface area contributed by atoms with E-state index in [9.17, 15) is 0 Å². The van der Waals surface area contributed by atoms with Crippen molar-refractivity contribution < 1.29 is 4.42 Å². The van der Waals surface area contributed by atoms with E-state index in [0.717, 1.165) is 17.6 Å². The van der Waals surface area contributed by atoms with Crippen LogP contribution < -0.4 is 0 Å². The van der Waals surface area contributed by atoms with Crippen molar-refractivity contribution in [3.63, 3.8) is 0 Å². The molecule has 0 amide bonds. The van der Waals surface area contributed by atoms with E-state index in [0.29, 0.717) is 4.84 Å². The lowest BCUT2D eigenvalue weighted by molar-refractivity contribution is 0.548. The van der Waals surface area contributed by atoms with Gasteiger partial charge in [0.1, 0.15) is 0 Å². The minimum absolute atomic E-state index is 0.531. The third-order valence-corrected chi connectivity index (χ3v) is 3.38. The van der Waals surface area contributed by atoms with E-state index in [4.69, 9.17) is 16.6 Å². The van der Waals surface area contributed by atoms with Gasteiger partial charge in [-0.2, -0.15) is 0 Å². The molecule has 1 heterocycles. The van der Waals surface area contributed by atoms with Gasteiger partial charge in [0, 0.05) is 0 Å². The van der Waals surface area contributed by atoms with Gasteiger partial charge in [0.15, 0.2) is 5.58 Å². The van der Waals surface area contributed by atoms with Gasteiger partial charge >= 0.3 is 0 Å². The fourth-order valence-corrected chi connectivity index (χ4v) is 2.46. The molecule has 0 bridgehead atoms. The Balaban J connectivity index is 2.17. The minimum atomic E-state index is 0.531. The lowest BCUT2D eigenvalue weighted by atomic mass is 10.2. The van der Waals surface area contributed by atoms with Gasteiger partial charge in [0.2, 0.25) is 0 Å². The van der Waals surface area contributed by atoms with Crippen molar-refractivity contribution in [1.29, 1.82) is 0 Å². The molecule has 2 aromatic carbocycles. The maximum atomic E-state index is 5.63. The summed E-state index contributed by atoms with van der Waals surface area (Å²) in [6.07, 6.45) is 0. The van der Waals surface area contributed by atoms with Crippen molar-refractivity contribution in [3.8, 4) is 0 Å². The Kier molecular flexibility index (Phi) is 2.76. The van der Waals surface area contributed by atoms with Crippen LogP contribution >= 0.6 is 12.2 Å². The van der Waals surface area contributed by atoms with E-state index in [-0.39, 0.29) is 0 Å². The number of fused-ring (bicyclic) bond motifs is 1. The molecule has 90 valence electrons. The lowest BCUT2D eigenvalue weighted by Gasteiger charge is -2.05. The van der Waals surface area contributed by atoms with Crippen LogP contribution in [0.3, 0.4) is 0 Å². The average molecular weight is 255 g/mol. The lowest BCUT2D eigenvalue weighted by Crippen LogP contribution is -2.00. The highest BCUT2D eigenvalue weighted by Crippen LogP contribution is 2.22. The maximum absolute atomic E-state index is 5.63. The van der Waals surface area contributed by atoms with E-state index < -0.39 is 0 Å². The second-order valence-electron chi connectivity index (χ2n) is 4.36. The van der Waals surface area contributed by atoms with Crippen LogP contribution in [0.4, 0.5) is 0 Å². The van der Waals surface area contributed by atoms with Crippen LogP contribution in [-0.4, -0.2) is 4.57 Å². The normalized spacial score (nSPS) is 10.9. The van der Waals surface area contributed by atoms with Crippen LogP contribution in [-0.2, 0) is 6.54 Å². The Morgan fingerprint density at radius 2 is 1.83 bits per heavy atom. The first-order chi connectivity index (χ1) is 8.75. The molecule has 2 nitrogen and oxygen atoms in total. The summed E-state index contributed by atoms with van der Waals surface area (Å²) < 4.78 is 7.68. The van der Waals surface area contributed by atoms with Gasteiger partial charge in [-0.3, -0.25) is 4.57 Å². The summed E-state index contributed by atoms with van der Waals surface area (Å²) in [6, 6.07) is 16.3. The Hall–Kier alpha value is -1.87. The highest BCUT2D eigenvalue weighted by molar-refractivity contribution is 7.71. The number of hydrogen-bond acceptors (Lipinski definition) is 2. The number of benzene rings is 2. The van der Waals surface area contributed by atoms with Crippen LogP contribution in [0.5, 0.6) is 0 Å². The molecule has 0 aliphatic rings. The summed E-state index contributed by atoms with van der Waals surface area (Å²) in [5, 5.41) is 0. The standard InChI is InChI=1S/C15H13NOS/c1-11-6-5-9-13-14(11)16(15(18)17-13)10-12-7-3-2-4-8-12/h2-9H,10H2,1H3. The molecule has 0 atom stereocenters. The van der Waals surface area contributed by atoms with Gasteiger partial charge in [-0.15, -0.1) is 0 Å². The number of aryl methyl sites for hydroxylation is 1. The first-order valence-corrected chi connectivity index (χ1v) is 6.29. The highest BCUT2D eigenvalue weighted by atomic mass is 32.1. The Morgan fingerprint density at radius 3 is 2.61 bits per heavy atom. The number of oxazole rings is 1. The van der Waals surface area contributed by atoms with Gasteiger partial charge < -0.3 is 4.42 Å². The van der Waals surface area contributed by atoms with E-state index >= 15 is 0 Å². The maximum Gasteiger partial charge on any atom is 0.269 e. The van der Waals surface area contributed by atoms with Gasteiger partial charge in [0.25, 0.3) is 4.84 Å². The Bertz CT molecular complexity index is 740. The summed E-state index contributed by atoms with van der Waals surface area (Å²) in [5.41, 5.74) is 4.35. The molecule has 0 saturated heterocycles. The van der Waals surface area contributed by atoms with E-state index in [1.807, 2.05) is 30.3 Å². The zero-order chi connectivity index (χ0) is 12.5. The average Bonchev–Trinajstić information content (AvgIpc) is 2.69. The smallest absolute Gasteiger partial charge is 0.269 e. The molecule has 1 aromatic heterocycles. The van der Waals surface area contributed by atoms with Crippen LogP contribution in [0, 0.1) is 11.8 Å². The quantitative estimate of drug-likeness (QED) is 0.635. The van der Waals surface area contributed by atoms with Crippen molar-refractivity contribution >= 4 is 23.3 Å². The van der Waals surface area contributed by atoms with Crippen LogP contribution in [0.1, 0.15) is 11.1 Å².